The first-order chi connectivity index (χ1) is 13.0. The van der Waals surface area contributed by atoms with Gasteiger partial charge in [0.25, 0.3) is 5.76 Å². The number of alkyl halides is 2. The average Bonchev–Trinajstić information content (AvgIpc) is 2.69. The van der Waals surface area contributed by atoms with Crippen LogP contribution in [0, 0.1) is 0 Å². The Hall–Kier alpha value is -2.06. The SMILES string of the molecule is COc1ccc(N2CCN(C(=S)Nc3ccc(SC(F)F)cc3)CC2)cc1. The minimum absolute atomic E-state index is 0.537. The Morgan fingerprint density at radius 1 is 1.04 bits per heavy atom. The minimum Gasteiger partial charge on any atom is -0.497 e. The lowest BCUT2D eigenvalue weighted by Crippen LogP contribution is -2.50. The number of anilines is 2. The molecule has 0 radical (unpaired) electrons. The van der Waals surface area contributed by atoms with Crippen LogP contribution in [0.15, 0.2) is 53.4 Å². The first-order valence-corrected chi connectivity index (χ1v) is 9.84. The van der Waals surface area contributed by atoms with Crippen molar-refractivity contribution in [2.24, 2.45) is 0 Å². The Balaban J connectivity index is 1.50. The lowest BCUT2D eigenvalue weighted by Gasteiger charge is -2.37. The Morgan fingerprint density at radius 2 is 1.67 bits per heavy atom. The van der Waals surface area contributed by atoms with Crippen LogP contribution in [0.5, 0.6) is 5.75 Å². The quantitative estimate of drug-likeness (QED) is 0.576. The van der Waals surface area contributed by atoms with Gasteiger partial charge in [-0.1, -0.05) is 11.8 Å². The fraction of sp³-hybridized carbons (Fsp3) is 0.316. The molecule has 8 heteroatoms. The Bertz CT molecular complexity index is 749. The summed E-state index contributed by atoms with van der Waals surface area (Å²) in [6.45, 7) is 3.38. The largest absolute Gasteiger partial charge is 0.497 e. The van der Waals surface area contributed by atoms with E-state index in [4.69, 9.17) is 17.0 Å². The minimum atomic E-state index is -2.41. The molecule has 2 aromatic rings. The summed E-state index contributed by atoms with van der Waals surface area (Å²) in [6, 6.07) is 14.9. The van der Waals surface area contributed by atoms with E-state index in [-0.39, 0.29) is 0 Å². The van der Waals surface area contributed by atoms with Crippen molar-refractivity contribution in [3.05, 3.63) is 48.5 Å². The molecule has 3 rings (SSSR count). The molecule has 0 aliphatic carbocycles. The van der Waals surface area contributed by atoms with Gasteiger partial charge in [0.2, 0.25) is 0 Å². The van der Waals surface area contributed by atoms with Crippen molar-refractivity contribution >= 4 is 40.5 Å². The second-order valence-electron chi connectivity index (χ2n) is 6.01. The van der Waals surface area contributed by atoms with Crippen LogP contribution < -0.4 is 15.0 Å². The monoisotopic (exact) mass is 409 g/mol. The molecule has 144 valence electrons. The summed E-state index contributed by atoms with van der Waals surface area (Å²) in [6.07, 6.45) is 0. The van der Waals surface area contributed by atoms with Crippen molar-refractivity contribution in [2.75, 3.05) is 43.5 Å². The average molecular weight is 410 g/mol. The molecule has 1 heterocycles. The topological polar surface area (TPSA) is 27.7 Å². The van der Waals surface area contributed by atoms with Crippen LogP contribution in [0.2, 0.25) is 0 Å². The number of benzene rings is 2. The molecule has 2 aromatic carbocycles. The maximum absolute atomic E-state index is 12.4. The van der Waals surface area contributed by atoms with Crippen molar-refractivity contribution in [1.82, 2.24) is 4.90 Å². The predicted molar refractivity (Wildman–Crippen MR) is 111 cm³/mol. The van der Waals surface area contributed by atoms with Crippen LogP contribution in [0.4, 0.5) is 20.2 Å². The summed E-state index contributed by atoms with van der Waals surface area (Å²) >= 11 is 6.04. The highest BCUT2D eigenvalue weighted by atomic mass is 32.2. The molecule has 4 nitrogen and oxygen atoms in total. The Kier molecular flexibility index (Phi) is 6.73. The molecular weight excluding hydrogens is 388 g/mol. The molecule has 0 aromatic heterocycles. The summed E-state index contributed by atoms with van der Waals surface area (Å²) in [5, 5.41) is 3.84. The number of hydrogen-bond acceptors (Lipinski definition) is 4. The molecule has 0 bridgehead atoms. The fourth-order valence-corrected chi connectivity index (χ4v) is 3.68. The number of nitrogens with zero attached hydrogens (tertiary/aromatic N) is 2. The van der Waals surface area contributed by atoms with Crippen LogP contribution in [-0.4, -0.2) is 49.1 Å². The maximum atomic E-state index is 12.4. The van der Waals surface area contributed by atoms with Crippen LogP contribution in [-0.2, 0) is 0 Å². The van der Waals surface area contributed by atoms with Gasteiger partial charge in [-0.05, 0) is 60.7 Å². The van der Waals surface area contributed by atoms with Gasteiger partial charge in [0, 0.05) is 42.4 Å². The zero-order chi connectivity index (χ0) is 19.2. The van der Waals surface area contributed by atoms with Gasteiger partial charge in [-0.3, -0.25) is 0 Å². The number of thiocarbonyl (C=S) groups is 1. The number of hydrogen-bond donors (Lipinski definition) is 1. The molecule has 1 aliphatic heterocycles. The van der Waals surface area contributed by atoms with Gasteiger partial charge in [0.15, 0.2) is 5.11 Å². The van der Waals surface area contributed by atoms with E-state index in [9.17, 15) is 8.78 Å². The second-order valence-corrected chi connectivity index (χ2v) is 7.46. The van der Waals surface area contributed by atoms with E-state index < -0.39 is 5.76 Å². The number of thioether (sulfide) groups is 1. The first-order valence-electron chi connectivity index (χ1n) is 8.55. The third-order valence-electron chi connectivity index (χ3n) is 4.34. The van der Waals surface area contributed by atoms with E-state index in [2.05, 4.69) is 27.2 Å². The van der Waals surface area contributed by atoms with Gasteiger partial charge in [0.1, 0.15) is 5.75 Å². The zero-order valence-electron chi connectivity index (χ0n) is 14.9. The van der Waals surface area contributed by atoms with Crippen LogP contribution in [0.25, 0.3) is 0 Å². The molecule has 27 heavy (non-hydrogen) atoms. The molecule has 0 unspecified atom stereocenters. The van der Waals surface area contributed by atoms with Crippen molar-refractivity contribution in [1.29, 1.82) is 0 Å². The highest BCUT2D eigenvalue weighted by molar-refractivity contribution is 7.99. The Labute approximate surface area is 167 Å². The molecule has 1 fully saturated rings. The summed E-state index contributed by atoms with van der Waals surface area (Å²) < 4.78 is 29.9. The van der Waals surface area contributed by atoms with E-state index in [1.807, 2.05) is 12.1 Å². The molecule has 0 spiro atoms. The van der Waals surface area contributed by atoms with E-state index in [0.29, 0.717) is 21.8 Å². The fourth-order valence-electron chi connectivity index (χ4n) is 2.88. The van der Waals surface area contributed by atoms with Crippen LogP contribution in [0.3, 0.4) is 0 Å². The van der Waals surface area contributed by atoms with E-state index in [1.165, 1.54) is 5.69 Å². The van der Waals surface area contributed by atoms with Crippen molar-refractivity contribution in [2.45, 2.75) is 10.7 Å². The number of piperazine rings is 1. The van der Waals surface area contributed by atoms with E-state index >= 15 is 0 Å². The molecule has 0 amide bonds. The highest BCUT2D eigenvalue weighted by Gasteiger charge is 2.19. The molecule has 1 aliphatic rings. The van der Waals surface area contributed by atoms with Crippen molar-refractivity contribution in [3.63, 3.8) is 0 Å². The third kappa shape index (κ3) is 5.46. The highest BCUT2D eigenvalue weighted by Crippen LogP contribution is 2.26. The zero-order valence-corrected chi connectivity index (χ0v) is 16.5. The molecule has 1 saturated heterocycles. The van der Waals surface area contributed by atoms with Crippen LogP contribution >= 0.6 is 24.0 Å². The Morgan fingerprint density at radius 3 is 2.22 bits per heavy atom. The van der Waals surface area contributed by atoms with Gasteiger partial charge in [-0.2, -0.15) is 8.78 Å². The lowest BCUT2D eigenvalue weighted by atomic mass is 10.2. The summed E-state index contributed by atoms with van der Waals surface area (Å²) in [5.74, 6) is -1.56. The molecule has 1 N–H and O–H groups in total. The number of nitrogens with one attached hydrogen (secondary N) is 1. The third-order valence-corrected chi connectivity index (χ3v) is 5.42. The van der Waals surface area contributed by atoms with Crippen molar-refractivity contribution < 1.29 is 13.5 Å². The van der Waals surface area contributed by atoms with Crippen LogP contribution in [0.1, 0.15) is 0 Å². The van der Waals surface area contributed by atoms with Crippen molar-refractivity contribution in [3.8, 4) is 5.75 Å². The second kappa shape index (κ2) is 9.23. The standard InChI is InChI=1S/C19H21F2N3OS2/c1-25-16-6-4-15(5-7-16)23-10-12-24(13-11-23)19(26)22-14-2-8-17(9-3-14)27-18(20)21/h2-9,18H,10-13H2,1H3,(H,22,26). The number of methoxy groups -OCH3 is 1. The first kappa shape index (κ1) is 19.7. The number of ether oxygens (including phenoxy) is 1. The van der Waals surface area contributed by atoms with Gasteiger partial charge in [-0.15, -0.1) is 0 Å². The molecule has 0 saturated carbocycles. The van der Waals surface area contributed by atoms with Gasteiger partial charge in [0.05, 0.1) is 7.11 Å². The summed E-state index contributed by atoms with van der Waals surface area (Å²) in [4.78, 5) is 4.97. The summed E-state index contributed by atoms with van der Waals surface area (Å²) in [5.41, 5.74) is 1.97. The van der Waals surface area contributed by atoms with Gasteiger partial charge >= 0.3 is 0 Å². The van der Waals surface area contributed by atoms with Gasteiger partial charge < -0.3 is 19.9 Å². The maximum Gasteiger partial charge on any atom is 0.288 e. The predicted octanol–water partition coefficient (Wildman–Crippen LogP) is 4.53. The smallest absolute Gasteiger partial charge is 0.288 e. The normalized spacial score (nSPS) is 14.4. The summed E-state index contributed by atoms with van der Waals surface area (Å²) in [7, 11) is 1.66. The van der Waals surface area contributed by atoms with E-state index in [1.54, 1.807) is 31.4 Å². The number of halogens is 2. The number of rotatable bonds is 5. The molecular formula is C19H21F2N3OS2. The van der Waals surface area contributed by atoms with Gasteiger partial charge in [-0.25, -0.2) is 0 Å². The lowest BCUT2D eigenvalue weighted by molar-refractivity contribution is 0.252. The molecule has 0 atom stereocenters. The van der Waals surface area contributed by atoms with E-state index in [0.717, 1.165) is 37.6 Å².